The van der Waals surface area contributed by atoms with Crippen LogP contribution in [-0.2, 0) is 11.0 Å². The van der Waals surface area contributed by atoms with E-state index in [4.69, 9.17) is 9.47 Å². The van der Waals surface area contributed by atoms with Crippen molar-refractivity contribution in [3.8, 4) is 17.2 Å². The Labute approximate surface area is 189 Å². The van der Waals surface area contributed by atoms with E-state index >= 15 is 0 Å². The van der Waals surface area contributed by atoms with E-state index in [2.05, 4.69) is 4.99 Å². The van der Waals surface area contributed by atoms with Gasteiger partial charge in [0.25, 0.3) is 0 Å². The average Bonchev–Trinajstić information content (AvgIpc) is 3.63. The Bertz CT molecular complexity index is 1130. The number of amides is 1. The van der Waals surface area contributed by atoms with E-state index in [1.165, 1.54) is 6.07 Å². The second kappa shape index (κ2) is 7.97. The van der Waals surface area contributed by atoms with Gasteiger partial charge in [-0.25, -0.2) is 4.99 Å². The second-order valence-corrected chi connectivity index (χ2v) is 8.68. The first-order chi connectivity index (χ1) is 15.7. The molecule has 3 aliphatic rings. The number of alkyl halides is 3. The summed E-state index contributed by atoms with van der Waals surface area (Å²) in [4.78, 5) is 21.2. The van der Waals surface area contributed by atoms with Crippen molar-refractivity contribution in [3.63, 3.8) is 0 Å². The molecule has 0 spiro atoms. The summed E-state index contributed by atoms with van der Waals surface area (Å²) in [6.45, 7) is 3.56. The number of halogens is 3. The zero-order chi connectivity index (χ0) is 23.3. The first kappa shape index (κ1) is 21.6. The van der Waals surface area contributed by atoms with Crippen LogP contribution in [0.3, 0.4) is 0 Å². The number of carbonyl (C=O) groups is 1. The second-order valence-electron chi connectivity index (χ2n) is 8.68. The van der Waals surface area contributed by atoms with Crippen LogP contribution in [0.1, 0.15) is 30.9 Å². The topological polar surface area (TPSA) is 54.4 Å². The number of methoxy groups -OCH3 is 1. The zero-order valence-electron chi connectivity index (χ0n) is 18.4. The number of fused-ring (bicyclic) bond motifs is 2. The Hall–Kier alpha value is -3.23. The highest BCUT2D eigenvalue weighted by atomic mass is 19.4. The number of carbonyl (C=O) groups excluding carboxylic acids is 1. The van der Waals surface area contributed by atoms with Crippen molar-refractivity contribution in [2.75, 3.05) is 26.7 Å². The Morgan fingerprint density at radius 1 is 1.12 bits per heavy atom. The molecule has 1 unspecified atom stereocenters. The van der Waals surface area contributed by atoms with Gasteiger partial charge < -0.3 is 19.3 Å². The maximum atomic E-state index is 13.4. The Morgan fingerprint density at radius 3 is 2.55 bits per heavy atom. The third-order valence-corrected chi connectivity index (χ3v) is 6.30. The molecule has 1 aliphatic carbocycles. The van der Waals surface area contributed by atoms with Crippen LogP contribution in [0.15, 0.2) is 41.4 Å². The van der Waals surface area contributed by atoms with Crippen molar-refractivity contribution < 1.29 is 27.4 Å². The summed E-state index contributed by atoms with van der Waals surface area (Å²) in [6.07, 6.45) is -2.60. The lowest BCUT2D eigenvalue weighted by Gasteiger charge is -2.41. The summed E-state index contributed by atoms with van der Waals surface area (Å²) < 4.78 is 51.4. The third-order valence-electron chi connectivity index (χ3n) is 6.30. The molecule has 2 aromatic carbocycles. The van der Waals surface area contributed by atoms with E-state index in [0.717, 1.165) is 25.0 Å². The molecule has 2 aliphatic heterocycles. The average molecular weight is 459 g/mol. The maximum absolute atomic E-state index is 13.4. The molecule has 2 heterocycles. The van der Waals surface area contributed by atoms with Crippen molar-refractivity contribution in [2.45, 2.75) is 32.0 Å². The van der Waals surface area contributed by atoms with Crippen molar-refractivity contribution in [1.82, 2.24) is 9.80 Å². The first-order valence-electron chi connectivity index (χ1n) is 11.0. The monoisotopic (exact) mass is 459 g/mol. The van der Waals surface area contributed by atoms with Gasteiger partial charge in [0.1, 0.15) is 23.0 Å². The summed E-state index contributed by atoms with van der Waals surface area (Å²) >= 11 is 0. The number of hydrogen-bond acceptors (Lipinski definition) is 5. The normalized spacial score (nSPS) is 20.3. The highest BCUT2D eigenvalue weighted by Crippen LogP contribution is 2.43. The van der Waals surface area contributed by atoms with Gasteiger partial charge in [-0.1, -0.05) is 0 Å². The lowest BCUT2D eigenvalue weighted by Crippen LogP contribution is -2.56. The number of aliphatic imine (C=N–C) groups is 1. The number of amidine groups is 1. The minimum absolute atomic E-state index is 0.0474. The smallest absolute Gasteiger partial charge is 0.416 e. The highest BCUT2D eigenvalue weighted by Gasteiger charge is 2.38. The molecule has 1 amide bonds. The number of ether oxygens (including phenoxy) is 2. The van der Waals surface area contributed by atoms with E-state index in [9.17, 15) is 18.0 Å². The van der Waals surface area contributed by atoms with Crippen LogP contribution in [-0.4, -0.2) is 54.3 Å². The largest absolute Gasteiger partial charge is 0.497 e. The van der Waals surface area contributed by atoms with Crippen LogP contribution in [0.25, 0.3) is 0 Å². The van der Waals surface area contributed by atoms with Crippen molar-refractivity contribution in [3.05, 3.63) is 47.5 Å². The Morgan fingerprint density at radius 2 is 1.88 bits per heavy atom. The molecule has 2 aromatic rings. The number of benzene rings is 2. The number of hydrogen-bond donors (Lipinski definition) is 0. The predicted octanol–water partition coefficient (Wildman–Crippen LogP) is 4.84. The molecule has 6 nitrogen and oxygen atoms in total. The van der Waals surface area contributed by atoms with E-state index in [1.54, 1.807) is 25.3 Å². The summed E-state index contributed by atoms with van der Waals surface area (Å²) in [5, 5.41) is 0. The zero-order valence-corrected chi connectivity index (χ0v) is 18.4. The molecule has 1 atom stereocenters. The van der Waals surface area contributed by atoms with Gasteiger partial charge in [0.2, 0.25) is 5.91 Å². The predicted molar refractivity (Wildman–Crippen MR) is 116 cm³/mol. The highest BCUT2D eigenvalue weighted by molar-refractivity contribution is 6.04. The third kappa shape index (κ3) is 4.12. The van der Waals surface area contributed by atoms with Crippen LogP contribution in [0.5, 0.6) is 17.2 Å². The Kier molecular flexibility index (Phi) is 5.22. The van der Waals surface area contributed by atoms with Crippen LogP contribution in [0.4, 0.5) is 18.9 Å². The molecule has 1 saturated heterocycles. The summed E-state index contributed by atoms with van der Waals surface area (Å²) in [5.41, 5.74) is -0.0443. The quantitative estimate of drug-likeness (QED) is 0.645. The molecular weight excluding hydrogens is 435 g/mol. The van der Waals surface area contributed by atoms with Crippen molar-refractivity contribution >= 4 is 17.4 Å². The van der Waals surface area contributed by atoms with Gasteiger partial charge in [0.15, 0.2) is 5.75 Å². The number of nitrogens with zero attached hydrogens (tertiary/aromatic N) is 3. The molecule has 1 saturated carbocycles. The minimum Gasteiger partial charge on any atom is -0.497 e. The summed E-state index contributed by atoms with van der Waals surface area (Å²) in [5.74, 6) is 2.16. The van der Waals surface area contributed by atoms with Gasteiger partial charge in [0, 0.05) is 31.6 Å². The molecular formula is C24H24F3N3O3. The van der Waals surface area contributed by atoms with Crippen LogP contribution >= 0.6 is 0 Å². The van der Waals surface area contributed by atoms with Gasteiger partial charge >= 0.3 is 6.18 Å². The Balaban J connectivity index is 1.55. The van der Waals surface area contributed by atoms with Crippen molar-refractivity contribution in [2.24, 2.45) is 10.9 Å². The van der Waals surface area contributed by atoms with E-state index < -0.39 is 11.7 Å². The van der Waals surface area contributed by atoms with Gasteiger partial charge in [-0.2, -0.15) is 13.2 Å². The fourth-order valence-corrected chi connectivity index (χ4v) is 4.34. The SMILES string of the molecule is COc1ccc2c(c1)C(N1CCN(C(=O)C3CC3)C(C)C1)=Nc1cc(C(F)(F)F)ccc1O2. The lowest BCUT2D eigenvalue weighted by molar-refractivity contribution is -0.137. The van der Waals surface area contributed by atoms with Crippen LogP contribution in [0.2, 0.25) is 0 Å². The molecule has 9 heteroatoms. The van der Waals surface area contributed by atoms with Gasteiger partial charge in [-0.3, -0.25) is 4.79 Å². The van der Waals surface area contributed by atoms with E-state index in [-0.39, 0.29) is 29.3 Å². The molecule has 0 aromatic heterocycles. The fraction of sp³-hybridized carbons (Fsp3) is 0.417. The van der Waals surface area contributed by atoms with E-state index in [0.29, 0.717) is 42.5 Å². The minimum atomic E-state index is -4.49. The first-order valence-corrected chi connectivity index (χ1v) is 11.0. The molecule has 2 fully saturated rings. The molecule has 174 valence electrons. The number of rotatable bonds is 2. The molecule has 5 rings (SSSR count). The standard InChI is InChI=1S/C24H24F3N3O3/c1-14-13-29(9-10-30(14)23(31)15-3-4-15)22-18-12-17(32-2)6-8-20(18)33-21-7-5-16(24(25,26)27)11-19(21)28-22/h5-8,11-12,14-15H,3-4,9-10,13H2,1-2H3. The maximum Gasteiger partial charge on any atom is 0.416 e. The van der Waals surface area contributed by atoms with Crippen molar-refractivity contribution in [1.29, 1.82) is 0 Å². The van der Waals surface area contributed by atoms with Gasteiger partial charge in [-0.05, 0) is 56.2 Å². The van der Waals surface area contributed by atoms with Gasteiger partial charge in [0.05, 0.1) is 18.2 Å². The molecule has 33 heavy (non-hydrogen) atoms. The lowest BCUT2D eigenvalue weighted by atomic mass is 10.1. The van der Waals surface area contributed by atoms with E-state index in [1.807, 2.05) is 16.7 Å². The fourth-order valence-electron chi connectivity index (χ4n) is 4.34. The molecule has 0 bridgehead atoms. The molecule has 0 radical (unpaired) electrons. The number of piperazine rings is 1. The summed E-state index contributed by atoms with van der Waals surface area (Å²) in [6, 6.07) is 8.49. The van der Waals surface area contributed by atoms with Crippen LogP contribution in [0, 0.1) is 5.92 Å². The molecule has 0 N–H and O–H groups in total. The van der Waals surface area contributed by atoms with Gasteiger partial charge in [-0.15, -0.1) is 0 Å². The summed E-state index contributed by atoms with van der Waals surface area (Å²) in [7, 11) is 1.55. The van der Waals surface area contributed by atoms with Crippen LogP contribution < -0.4 is 9.47 Å².